The molecule has 0 aromatic heterocycles. The van der Waals surface area contributed by atoms with Crippen molar-refractivity contribution in [1.82, 2.24) is 0 Å². The smallest absolute Gasteiger partial charge is 0.196 e. The summed E-state index contributed by atoms with van der Waals surface area (Å²) in [5, 5.41) is 0. The van der Waals surface area contributed by atoms with E-state index in [1.54, 1.807) is 24.3 Å². The van der Waals surface area contributed by atoms with E-state index in [4.69, 9.17) is 0 Å². The predicted molar refractivity (Wildman–Crippen MR) is 107 cm³/mol. The number of aryl methyl sites for hydroxylation is 2. The Hall–Kier alpha value is -1.66. The first-order valence-corrected chi connectivity index (χ1v) is 12.4. The van der Waals surface area contributed by atoms with Crippen molar-refractivity contribution in [1.29, 1.82) is 0 Å². The van der Waals surface area contributed by atoms with Crippen LogP contribution in [-0.4, -0.2) is 21.4 Å². The van der Waals surface area contributed by atoms with Gasteiger partial charge < -0.3 is 0 Å². The highest BCUT2D eigenvalue weighted by Crippen LogP contribution is 2.38. The van der Waals surface area contributed by atoms with E-state index in [0.717, 1.165) is 30.4 Å². The van der Waals surface area contributed by atoms with Gasteiger partial charge in [0, 0.05) is 0 Å². The second kappa shape index (κ2) is 7.76. The van der Waals surface area contributed by atoms with Crippen LogP contribution < -0.4 is 0 Å². The van der Waals surface area contributed by atoms with Gasteiger partial charge in [-0.05, 0) is 56.9 Å². The summed E-state index contributed by atoms with van der Waals surface area (Å²) >= 11 is 0. The molecule has 4 nitrogen and oxygen atoms in total. The second-order valence-electron chi connectivity index (χ2n) is 7.48. The van der Waals surface area contributed by atoms with Gasteiger partial charge in [-0.3, -0.25) is 0 Å². The van der Waals surface area contributed by atoms with Gasteiger partial charge in [-0.2, -0.15) is 0 Å². The molecule has 1 saturated carbocycles. The number of sulfone groups is 2. The van der Waals surface area contributed by atoms with E-state index in [-0.39, 0.29) is 15.7 Å². The molecule has 0 aliphatic heterocycles. The van der Waals surface area contributed by atoms with Gasteiger partial charge in [0.2, 0.25) is 0 Å². The van der Waals surface area contributed by atoms with Gasteiger partial charge in [-0.15, -0.1) is 0 Å². The van der Waals surface area contributed by atoms with Crippen LogP contribution >= 0.6 is 0 Å². The van der Waals surface area contributed by atoms with E-state index in [1.165, 1.54) is 24.3 Å². The van der Waals surface area contributed by atoms with Crippen LogP contribution in [0.25, 0.3) is 0 Å². The average Bonchev–Trinajstić information content (AvgIpc) is 2.63. The maximum atomic E-state index is 13.5. The summed E-state index contributed by atoms with van der Waals surface area (Å²) < 4.78 is 52.4. The average molecular weight is 407 g/mol. The molecular weight excluding hydrogens is 380 g/mol. The largest absolute Gasteiger partial charge is 0.222 e. The molecule has 2 aromatic carbocycles. The number of hydrogen-bond acceptors (Lipinski definition) is 4. The second-order valence-corrected chi connectivity index (χ2v) is 11.9. The molecule has 146 valence electrons. The van der Waals surface area contributed by atoms with E-state index in [2.05, 4.69) is 0 Å². The third-order valence-electron chi connectivity index (χ3n) is 5.35. The van der Waals surface area contributed by atoms with Crippen molar-refractivity contribution >= 4 is 19.7 Å². The maximum Gasteiger partial charge on any atom is 0.196 e. The molecule has 0 saturated heterocycles. The third-order valence-corrected chi connectivity index (χ3v) is 10.7. The minimum absolute atomic E-state index is 0.0827. The van der Waals surface area contributed by atoms with Gasteiger partial charge in [0.1, 0.15) is 0 Å². The zero-order valence-electron chi connectivity index (χ0n) is 15.8. The van der Waals surface area contributed by atoms with Gasteiger partial charge in [-0.25, -0.2) is 16.8 Å². The molecule has 0 unspecified atom stereocenters. The summed E-state index contributed by atoms with van der Waals surface area (Å²) in [5.74, 6) is -0.378. The summed E-state index contributed by atoms with van der Waals surface area (Å²) in [7, 11) is -8.04. The monoisotopic (exact) mass is 406 g/mol. The highest BCUT2D eigenvalue weighted by Gasteiger charge is 2.45. The molecule has 27 heavy (non-hydrogen) atoms. The fourth-order valence-electron chi connectivity index (χ4n) is 3.80. The Kier molecular flexibility index (Phi) is 5.77. The Balaban J connectivity index is 2.13. The van der Waals surface area contributed by atoms with Crippen molar-refractivity contribution in [3.63, 3.8) is 0 Å². The van der Waals surface area contributed by atoms with Crippen molar-refractivity contribution in [3.8, 4) is 0 Å². The van der Waals surface area contributed by atoms with Crippen molar-refractivity contribution in [2.24, 2.45) is 5.92 Å². The van der Waals surface area contributed by atoms with Gasteiger partial charge in [0.05, 0.1) is 9.79 Å². The Bertz CT molecular complexity index is 908. The lowest BCUT2D eigenvalue weighted by Gasteiger charge is -2.30. The minimum Gasteiger partial charge on any atom is -0.222 e. The molecular formula is C21H26O4S2. The lowest BCUT2D eigenvalue weighted by Crippen LogP contribution is -2.38. The summed E-state index contributed by atoms with van der Waals surface area (Å²) in [4.78, 5) is 0.165. The van der Waals surface area contributed by atoms with E-state index in [9.17, 15) is 16.8 Å². The molecule has 1 fully saturated rings. The molecule has 6 heteroatoms. The molecule has 0 heterocycles. The number of benzene rings is 2. The summed E-state index contributed by atoms with van der Waals surface area (Å²) in [5.41, 5.74) is 1.87. The molecule has 0 bridgehead atoms. The van der Waals surface area contributed by atoms with Crippen LogP contribution in [0.1, 0.15) is 43.2 Å². The predicted octanol–water partition coefficient (Wildman–Crippen LogP) is 4.46. The zero-order chi connectivity index (χ0) is 19.7. The van der Waals surface area contributed by atoms with Gasteiger partial charge >= 0.3 is 0 Å². The minimum atomic E-state index is -4.02. The third kappa shape index (κ3) is 4.11. The molecule has 1 aliphatic rings. The molecule has 0 spiro atoms. The van der Waals surface area contributed by atoms with E-state index in [1.807, 2.05) is 13.8 Å². The van der Waals surface area contributed by atoms with Gasteiger partial charge in [0.25, 0.3) is 0 Å². The molecule has 0 N–H and O–H groups in total. The Morgan fingerprint density at radius 3 is 1.41 bits per heavy atom. The van der Waals surface area contributed by atoms with Crippen LogP contribution in [-0.2, 0) is 19.7 Å². The highest BCUT2D eigenvalue weighted by molar-refractivity contribution is 8.09. The maximum absolute atomic E-state index is 13.5. The van der Waals surface area contributed by atoms with Crippen LogP contribution in [0.15, 0.2) is 58.3 Å². The SMILES string of the molecule is Cc1ccc(S(=O)(=O)C(C2CCCCC2)S(=O)(=O)c2ccc(C)cc2)cc1. The van der Waals surface area contributed by atoms with Crippen LogP contribution in [0.5, 0.6) is 0 Å². The van der Waals surface area contributed by atoms with Crippen LogP contribution in [0, 0.1) is 19.8 Å². The van der Waals surface area contributed by atoms with Crippen LogP contribution in [0.4, 0.5) is 0 Å². The molecule has 1 aliphatic carbocycles. The zero-order valence-corrected chi connectivity index (χ0v) is 17.4. The first-order chi connectivity index (χ1) is 12.7. The first kappa shape index (κ1) is 20.1. The highest BCUT2D eigenvalue weighted by atomic mass is 32.3. The molecule has 2 aromatic rings. The quantitative estimate of drug-likeness (QED) is 0.735. The molecule has 0 atom stereocenters. The standard InChI is InChI=1S/C21H26O4S2/c1-16-8-12-19(13-9-16)26(22,23)21(18-6-4-3-5-7-18)27(24,25)20-14-10-17(2)11-15-20/h8-15,18,21H,3-7H2,1-2H3. The molecule has 3 rings (SSSR count). The Labute approximate surface area is 162 Å². The number of rotatable bonds is 5. The number of hydrogen-bond donors (Lipinski definition) is 0. The Morgan fingerprint density at radius 1 is 0.667 bits per heavy atom. The van der Waals surface area contributed by atoms with Crippen molar-refractivity contribution in [3.05, 3.63) is 59.7 Å². The van der Waals surface area contributed by atoms with E-state index >= 15 is 0 Å². The molecule has 0 radical (unpaired) electrons. The summed E-state index contributed by atoms with van der Waals surface area (Å²) in [6.45, 7) is 3.75. The van der Waals surface area contributed by atoms with Crippen LogP contribution in [0.3, 0.4) is 0 Å². The van der Waals surface area contributed by atoms with Crippen LogP contribution in [0.2, 0.25) is 0 Å². The van der Waals surface area contributed by atoms with Gasteiger partial charge in [0.15, 0.2) is 24.3 Å². The lowest BCUT2D eigenvalue weighted by molar-refractivity contribution is 0.367. The summed E-state index contributed by atoms with van der Waals surface area (Å²) in [6.07, 6.45) is 4.02. The van der Waals surface area contributed by atoms with E-state index < -0.39 is 24.3 Å². The van der Waals surface area contributed by atoms with Crippen molar-refractivity contribution in [2.75, 3.05) is 0 Å². The molecule has 0 amide bonds. The van der Waals surface area contributed by atoms with Crippen molar-refractivity contribution in [2.45, 2.75) is 60.3 Å². The normalized spacial score (nSPS) is 16.6. The topological polar surface area (TPSA) is 68.3 Å². The van der Waals surface area contributed by atoms with Crippen molar-refractivity contribution < 1.29 is 16.8 Å². The first-order valence-electron chi connectivity index (χ1n) is 9.34. The fourth-order valence-corrected chi connectivity index (χ4v) is 8.93. The summed E-state index contributed by atoms with van der Waals surface area (Å²) in [6, 6.07) is 12.9. The Morgan fingerprint density at radius 2 is 1.04 bits per heavy atom. The lowest BCUT2D eigenvalue weighted by atomic mass is 9.91. The van der Waals surface area contributed by atoms with Gasteiger partial charge in [-0.1, -0.05) is 54.7 Å². The van der Waals surface area contributed by atoms with E-state index in [0.29, 0.717) is 12.8 Å². The fraction of sp³-hybridized carbons (Fsp3) is 0.429.